The first kappa shape index (κ1) is 99.1. The Labute approximate surface area is 619 Å². The molecule has 0 rings (SSSR count). The highest BCUT2D eigenvalue weighted by Crippen LogP contribution is 2.45. The minimum absolute atomic E-state index is 0.107. The molecule has 0 aliphatic carbocycles. The third-order valence-electron chi connectivity index (χ3n) is 19.1. The predicted molar refractivity (Wildman–Crippen MR) is 414 cm³/mol. The molecule has 0 fully saturated rings. The van der Waals surface area contributed by atoms with Gasteiger partial charge in [0.2, 0.25) is 0 Å². The summed E-state index contributed by atoms with van der Waals surface area (Å²) in [4.78, 5) is 73.0. The SMILES string of the molecule is CCCCCCCCCCC(=O)OC[C@H](COP(=O)(O)OC[C@H](O)COP(=O)(O)OC[C@@H](COC(=O)CCCCCCCCCCCCCCCC(C)C)OC(=O)CCCCCCCCCCCCCCCCCCCCC(C)C)OC(=O)CCCCCCCCCCCCCCCC(C)C. The van der Waals surface area contributed by atoms with E-state index in [0.717, 1.165) is 114 Å². The molecule has 0 aromatic heterocycles. The summed E-state index contributed by atoms with van der Waals surface area (Å²) in [6, 6.07) is 0. The number of aliphatic hydroxyl groups is 1. The van der Waals surface area contributed by atoms with E-state index in [9.17, 15) is 43.2 Å². The maximum Gasteiger partial charge on any atom is 0.472 e. The molecule has 2 unspecified atom stereocenters. The van der Waals surface area contributed by atoms with Gasteiger partial charge in [-0.15, -0.1) is 0 Å². The van der Waals surface area contributed by atoms with Gasteiger partial charge in [0.05, 0.1) is 26.4 Å². The molecular formula is C82H160O17P2. The van der Waals surface area contributed by atoms with Crippen LogP contribution in [0.3, 0.4) is 0 Å². The molecule has 17 nitrogen and oxygen atoms in total. The van der Waals surface area contributed by atoms with Gasteiger partial charge in [0.1, 0.15) is 19.3 Å². The second kappa shape index (κ2) is 72.3. The first-order valence-corrected chi connectivity index (χ1v) is 45.3. The van der Waals surface area contributed by atoms with E-state index < -0.39 is 97.5 Å². The van der Waals surface area contributed by atoms with E-state index in [0.29, 0.717) is 25.7 Å². The second-order valence-electron chi connectivity index (χ2n) is 30.9. The van der Waals surface area contributed by atoms with E-state index in [1.165, 1.54) is 231 Å². The fraction of sp³-hybridized carbons (Fsp3) is 0.951. The van der Waals surface area contributed by atoms with Gasteiger partial charge in [-0.3, -0.25) is 37.3 Å². The van der Waals surface area contributed by atoms with Crippen LogP contribution in [0.15, 0.2) is 0 Å². The molecule has 0 bridgehead atoms. The van der Waals surface area contributed by atoms with Gasteiger partial charge < -0.3 is 33.8 Å². The number of carbonyl (C=O) groups excluding carboxylic acids is 4. The molecule has 0 spiro atoms. The standard InChI is InChI=1S/C82H160O17P2/c1-8-9-10-11-12-42-49-56-63-79(84)92-69-77(98-81(86)66-59-52-45-38-32-26-20-23-29-35-41-48-55-62-75(6)7)71-96-100(88,89)94-67-76(83)68-95-101(90,91)97-72-78(70-93-80(85)64-57-50-43-36-30-25-19-22-28-34-40-47-54-61-74(4)5)99-82(87)65-58-51-44-37-31-24-18-16-14-13-15-17-21-27-33-39-46-53-60-73(2)3/h73-78,83H,8-72H2,1-7H3,(H,88,89)(H,90,91)/t76-,77+,78+/m0/s1. The summed E-state index contributed by atoms with van der Waals surface area (Å²) >= 11 is 0. The lowest BCUT2D eigenvalue weighted by Gasteiger charge is -2.21. The molecule has 0 heterocycles. The Morgan fingerprint density at radius 3 is 0.673 bits per heavy atom. The number of esters is 4. The van der Waals surface area contributed by atoms with Crippen molar-refractivity contribution in [2.24, 2.45) is 17.8 Å². The smallest absolute Gasteiger partial charge is 0.462 e. The van der Waals surface area contributed by atoms with Crippen LogP contribution in [0.25, 0.3) is 0 Å². The molecule has 0 amide bonds. The maximum absolute atomic E-state index is 13.1. The van der Waals surface area contributed by atoms with Crippen molar-refractivity contribution in [3.8, 4) is 0 Å². The van der Waals surface area contributed by atoms with Crippen LogP contribution in [0.4, 0.5) is 0 Å². The van der Waals surface area contributed by atoms with Gasteiger partial charge in [-0.2, -0.15) is 0 Å². The Kier molecular flexibility index (Phi) is 70.9. The van der Waals surface area contributed by atoms with Gasteiger partial charge in [-0.05, 0) is 43.4 Å². The van der Waals surface area contributed by atoms with Crippen LogP contribution in [0.1, 0.15) is 427 Å². The van der Waals surface area contributed by atoms with E-state index in [1.807, 2.05) is 0 Å². The van der Waals surface area contributed by atoms with Crippen LogP contribution >= 0.6 is 15.6 Å². The molecule has 5 atom stereocenters. The molecule has 101 heavy (non-hydrogen) atoms. The summed E-state index contributed by atoms with van der Waals surface area (Å²) in [6.45, 7) is 12.0. The van der Waals surface area contributed by atoms with E-state index in [1.54, 1.807) is 0 Å². The van der Waals surface area contributed by atoms with Crippen LogP contribution in [-0.2, 0) is 65.4 Å². The Morgan fingerprint density at radius 1 is 0.267 bits per heavy atom. The number of rotatable bonds is 80. The number of hydrogen-bond donors (Lipinski definition) is 3. The number of carbonyl (C=O) groups is 4. The largest absolute Gasteiger partial charge is 0.472 e. The fourth-order valence-electron chi connectivity index (χ4n) is 12.7. The molecule has 0 aliphatic rings. The second-order valence-corrected chi connectivity index (χ2v) is 33.8. The molecule has 3 N–H and O–H groups in total. The predicted octanol–water partition coefficient (Wildman–Crippen LogP) is 24.5. The lowest BCUT2D eigenvalue weighted by molar-refractivity contribution is -0.161. The molecule has 0 aromatic carbocycles. The van der Waals surface area contributed by atoms with Crippen LogP contribution in [0.2, 0.25) is 0 Å². The number of aliphatic hydroxyl groups excluding tert-OH is 1. The van der Waals surface area contributed by atoms with Crippen molar-refractivity contribution >= 4 is 39.5 Å². The Hall–Kier alpha value is -1.94. The zero-order chi connectivity index (χ0) is 74.4. The zero-order valence-electron chi connectivity index (χ0n) is 66.4. The normalized spacial score (nSPS) is 14.0. The van der Waals surface area contributed by atoms with Crippen molar-refractivity contribution < 1.29 is 80.2 Å². The van der Waals surface area contributed by atoms with E-state index in [-0.39, 0.29) is 25.7 Å². The Balaban J connectivity index is 5.19. The molecule has 0 saturated carbocycles. The average molecular weight is 1480 g/mol. The van der Waals surface area contributed by atoms with Crippen molar-refractivity contribution in [2.45, 2.75) is 446 Å². The van der Waals surface area contributed by atoms with Crippen molar-refractivity contribution in [3.63, 3.8) is 0 Å². The van der Waals surface area contributed by atoms with Crippen LogP contribution in [0, 0.1) is 17.8 Å². The summed E-state index contributed by atoms with van der Waals surface area (Å²) in [5.41, 5.74) is 0. The lowest BCUT2D eigenvalue weighted by atomic mass is 10.0. The van der Waals surface area contributed by atoms with E-state index >= 15 is 0 Å². The molecule has 19 heteroatoms. The van der Waals surface area contributed by atoms with Crippen molar-refractivity contribution in [3.05, 3.63) is 0 Å². The van der Waals surface area contributed by atoms with Gasteiger partial charge in [0.25, 0.3) is 0 Å². The molecule has 0 radical (unpaired) electrons. The van der Waals surface area contributed by atoms with Gasteiger partial charge in [-0.1, -0.05) is 376 Å². The third kappa shape index (κ3) is 76.1. The first-order valence-electron chi connectivity index (χ1n) is 42.3. The van der Waals surface area contributed by atoms with Crippen molar-refractivity contribution in [2.75, 3.05) is 39.6 Å². The highest BCUT2D eigenvalue weighted by molar-refractivity contribution is 7.47. The monoisotopic (exact) mass is 1480 g/mol. The molecule has 600 valence electrons. The maximum atomic E-state index is 13.1. The summed E-state index contributed by atoms with van der Waals surface area (Å²) in [5.74, 6) is 0.287. The zero-order valence-corrected chi connectivity index (χ0v) is 68.2. The summed E-state index contributed by atoms with van der Waals surface area (Å²) < 4.78 is 68.7. The van der Waals surface area contributed by atoms with Crippen molar-refractivity contribution in [1.29, 1.82) is 0 Å². The number of unbranched alkanes of at least 4 members (excludes halogenated alkanes) is 48. The first-order chi connectivity index (χ1) is 48.7. The van der Waals surface area contributed by atoms with Crippen LogP contribution < -0.4 is 0 Å². The highest BCUT2D eigenvalue weighted by atomic mass is 31.2. The summed E-state index contributed by atoms with van der Waals surface area (Å²) in [5, 5.41) is 10.6. The average Bonchev–Trinajstić information content (AvgIpc) is 0.932. The molecule has 0 aromatic rings. The Morgan fingerprint density at radius 2 is 0.455 bits per heavy atom. The Bertz CT molecular complexity index is 1960. The van der Waals surface area contributed by atoms with Crippen LogP contribution in [0.5, 0.6) is 0 Å². The molecule has 0 aliphatic heterocycles. The topological polar surface area (TPSA) is 237 Å². The lowest BCUT2D eigenvalue weighted by Crippen LogP contribution is -2.30. The summed E-state index contributed by atoms with van der Waals surface area (Å²) in [7, 11) is -9.92. The van der Waals surface area contributed by atoms with Gasteiger partial charge in [0.15, 0.2) is 12.2 Å². The fourth-order valence-corrected chi connectivity index (χ4v) is 14.2. The minimum Gasteiger partial charge on any atom is -0.462 e. The van der Waals surface area contributed by atoms with Gasteiger partial charge >= 0.3 is 39.5 Å². The number of hydrogen-bond acceptors (Lipinski definition) is 15. The van der Waals surface area contributed by atoms with Crippen LogP contribution in [-0.4, -0.2) is 96.7 Å². The number of phosphoric acid groups is 2. The van der Waals surface area contributed by atoms with E-state index in [2.05, 4.69) is 48.5 Å². The van der Waals surface area contributed by atoms with Gasteiger partial charge in [0, 0.05) is 25.7 Å². The molecular weight excluding hydrogens is 1320 g/mol. The third-order valence-corrected chi connectivity index (χ3v) is 21.0. The minimum atomic E-state index is -4.96. The quantitative estimate of drug-likeness (QED) is 0.0222. The van der Waals surface area contributed by atoms with Crippen molar-refractivity contribution in [1.82, 2.24) is 0 Å². The number of phosphoric ester groups is 2. The van der Waals surface area contributed by atoms with E-state index in [4.69, 9.17) is 37.0 Å². The highest BCUT2D eigenvalue weighted by Gasteiger charge is 2.30. The number of ether oxygens (including phenoxy) is 4. The molecule has 0 saturated heterocycles. The van der Waals surface area contributed by atoms with Gasteiger partial charge in [-0.25, -0.2) is 9.13 Å². The summed E-state index contributed by atoms with van der Waals surface area (Å²) in [6.07, 6.45) is 61.1.